The Morgan fingerprint density at radius 2 is 1.67 bits per heavy atom. The van der Waals surface area contributed by atoms with E-state index >= 15 is 0 Å². The van der Waals surface area contributed by atoms with Crippen LogP contribution in [0.3, 0.4) is 0 Å². The molecule has 0 aliphatic heterocycles. The number of aromatic nitrogens is 4. The number of thioether (sulfide) groups is 1. The SMILES string of the molecule is CC(=O)NC(C)c1ccc(C(=O)CSc2nnc(-c3ccncc3)n2-c2ccccc2)cc1. The van der Waals surface area contributed by atoms with Crippen LogP contribution >= 0.6 is 11.8 Å². The Bertz CT molecular complexity index is 1240. The van der Waals surface area contributed by atoms with Crippen molar-refractivity contribution in [1.29, 1.82) is 0 Å². The molecule has 0 bridgehead atoms. The maximum absolute atomic E-state index is 12.8. The van der Waals surface area contributed by atoms with Crippen LogP contribution < -0.4 is 5.32 Å². The van der Waals surface area contributed by atoms with Crippen molar-refractivity contribution in [1.82, 2.24) is 25.1 Å². The van der Waals surface area contributed by atoms with Gasteiger partial charge in [0, 0.05) is 36.1 Å². The average molecular weight is 458 g/mol. The smallest absolute Gasteiger partial charge is 0.217 e. The summed E-state index contributed by atoms with van der Waals surface area (Å²) < 4.78 is 1.95. The Balaban J connectivity index is 1.53. The molecule has 0 radical (unpaired) electrons. The van der Waals surface area contributed by atoms with Gasteiger partial charge in [0.2, 0.25) is 5.91 Å². The summed E-state index contributed by atoms with van der Waals surface area (Å²) in [4.78, 5) is 28.2. The van der Waals surface area contributed by atoms with Gasteiger partial charge < -0.3 is 5.32 Å². The number of benzene rings is 2. The van der Waals surface area contributed by atoms with E-state index in [-0.39, 0.29) is 23.5 Å². The van der Waals surface area contributed by atoms with Crippen molar-refractivity contribution >= 4 is 23.5 Å². The number of Topliss-reactive ketones (excluding diaryl/α,β-unsaturated/α-hetero) is 1. The van der Waals surface area contributed by atoms with E-state index in [1.807, 2.05) is 66.1 Å². The third kappa shape index (κ3) is 5.35. The van der Waals surface area contributed by atoms with Crippen LogP contribution in [0.2, 0.25) is 0 Å². The van der Waals surface area contributed by atoms with Gasteiger partial charge in [0.15, 0.2) is 16.8 Å². The Labute approximate surface area is 196 Å². The van der Waals surface area contributed by atoms with Gasteiger partial charge in [0.1, 0.15) is 0 Å². The van der Waals surface area contributed by atoms with Gasteiger partial charge in [-0.25, -0.2) is 0 Å². The molecule has 0 fully saturated rings. The minimum atomic E-state index is -0.114. The minimum Gasteiger partial charge on any atom is -0.350 e. The number of amides is 1. The maximum atomic E-state index is 12.8. The molecule has 8 heteroatoms. The average Bonchev–Trinajstić information content (AvgIpc) is 3.27. The maximum Gasteiger partial charge on any atom is 0.217 e. The van der Waals surface area contributed by atoms with Crippen LogP contribution in [0.15, 0.2) is 84.3 Å². The number of carbonyl (C=O) groups excluding carboxylic acids is 2. The minimum absolute atomic E-state index is 0.00759. The Hall–Kier alpha value is -3.78. The van der Waals surface area contributed by atoms with Gasteiger partial charge >= 0.3 is 0 Å². The summed E-state index contributed by atoms with van der Waals surface area (Å²) in [5.41, 5.74) is 3.37. The lowest BCUT2D eigenvalue weighted by Crippen LogP contribution is -2.23. The molecule has 4 aromatic rings. The van der Waals surface area contributed by atoms with Crippen LogP contribution in [0.4, 0.5) is 0 Å². The fourth-order valence-electron chi connectivity index (χ4n) is 3.42. The van der Waals surface area contributed by atoms with Crippen LogP contribution in [-0.4, -0.2) is 37.2 Å². The van der Waals surface area contributed by atoms with Crippen molar-refractivity contribution in [2.75, 3.05) is 5.75 Å². The molecule has 2 heterocycles. The van der Waals surface area contributed by atoms with E-state index < -0.39 is 0 Å². The second kappa shape index (κ2) is 10.2. The fourth-order valence-corrected chi connectivity index (χ4v) is 4.27. The summed E-state index contributed by atoms with van der Waals surface area (Å²) >= 11 is 1.35. The van der Waals surface area contributed by atoms with Crippen molar-refractivity contribution in [2.45, 2.75) is 25.0 Å². The predicted molar refractivity (Wildman–Crippen MR) is 128 cm³/mol. The molecule has 1 unspecified atom stereocenters. The lowest BCUT2D eigenvalue weighted by molar-refractivity contribution is -0.119. The molecule has 0 aliphatic carbocycles. The molecule has 2 aromatic heterocycles. The zero-order chi connectivity index (χ0) is 23.2. The number of ketones is 1. The van der Waals surface area contributed by atoms with Gasteiger partial charge in [-0.1, -0.05) is 54.2 Å². The van der Waals surface area contributed by atoms with E-state index in [0.717, 1.165) is 16.8 Å². The number of carbonyl (C=O) groups is 2. The first-order valence-corrected chi connectivity index (χ1v) is 11.5. The van der Waals surface area contributed by atoms with E-state index in [1.54, 1.807) is 24.5 Å². The van der Waals surface area contributed by atoms with E-state index in [4.69, 9.17) is 0 Å². The monoisotopic (exact) mass is 457 g/mol. The Kier molecular flexibility index (Phi) is 6.95. The molecule has 1 N–H and O–H groups in total. The molecule has 4 rings (SSSR count). The highest BCUT2D eigenvalue weighted by Gasteiger charge is 2.18. The lowest BCUT2D eigenvalue weighted by atomic mass is 10.0. The lowest BCUT2D eigenvalue weighted by Gasteiger charge is -2.13. The zero-order valence-corrected chi connectivity index (χ0v) is 19.1. The van der Waals surface area contributed by atoms with Gasteiger partial charge in [0.05, 0.1) is 11.8 Å². The van der Waals surface area contributed by atoms with Crippen molar-refractivity contribution in [2.24, 2.45) is 0 Å². The number of nitrogens with zero attached hydrogens (tertiary/aromatic N) is 4. The van der Waals surface area contributed by atoms with Crippen LogP contribution in [0, 0.1) is 0 Å². The fraction of sp³-hybridized carbons (Fsp3) is 0.160. The summed E-state index contributed by atoms with van der Waals surface area (Å²) in [5.74, 6) is 0.816. The number of nitrogens with one attached hydrogen (secondary N) is 1. The van der Waals surface area contributed by atoms with Gasteiger partial charge in [-0.3, -0.25) is 19.1 Å². The van der Waals surface area contributed by atoms with Crippen molar-refractivity contribution in [3.63, 3.8) is 0 Å². The molecule has 0 spiro atoms. The van der Waals surface area contributed by atoms with E-state index in [1.165, 1.54) is 18.7 Å². The Morgan fingerprint density at radius 3 is 2.33 bits per heavy atom. The molecule has 166 valence electrons. The van der Waals surface area contributed by atoms with E-state index in [0.29, 0.717) is 16.5 Å². The highest BCUT2D eigenvalue weighted by atomic mass is 32.2. The highest BCUT2D eigenvalue weighted by Crippen LogP contribution is 2.28. The molecule has 1 amide bonds. The molecule has 0 aliphatic rings. The first-order chi connectivity index (χ1) is 16.0. The molecule has 2 aromatic carbocycles. The first-order valence-electron chi connectivity index (χ1n) is 10.5. The van der Waals surface area contributed by atoms with Gasteiger partial charge in [-0.15, -0.1) is 10.2 Å². The molecule has 7 nitrogen and oxygen atoms in total. The first kappa shape index (κ1) is 22.4. The van der Waals surface area contributed by atoms with Gasteiger partial charge in [-0.2, -0.15) is 0 Å². The van der Waals surface area contributed by atoms with E-state index in [2.05, 4.69) is 20.5 Å². The van der Waals surface area contributed by atoms with Crippen LogP contribution in [0.1, 0.15) is 35.8 Å². The quantitative estimate of drug-likeness (QED) is 0.309. The van der Waals surface area contributed by atoms with Crippen LogP contribution in [-0.2, 0) is 4.79 Å². The summed E-state index contributed by atoms with van der Waals surface area (Å²) in [5, 5.41) is 12.2. The molecule has 0 saturated heterocycles. The molecule has 33 heavy (non-hydrogen) atoms. The Morgan fingerprint density at radius 1 is 0.970 bits per heavy atom. The standard InChI is InChI=1S/C25H23N5O2S/c1-17(27-18(2)31)19-8-10-20(11-9-19)23(32)16-33-25-29-28-24(21-12-14-26-15-13-21)30(25)22-6-4-3-5-7-22/h3-15,17H,16H2,1-2H3,(H,27,31). The topological polar surface area (TPSA) is 89.8 Å². The summed E-state index contributed by atoms with van der Waals surface area (Å²) in [6, 6.07) is 20.8. The molecule has 1 atom stereocenters. The number of pyridine rings is 1. The van der Waals surface area contributed by atoms with Crippen LogP contribution in [0.25, 0.3) is 17.1 Å². The van der Waals surface area contributed by atoms with E-state index in [9.17, 15) is 9.59 Å². The normalized spacial score (nSPS) is 11.7. The number of hydrogen-bond donors (Lipinski definition) is 1. The van der Waals surface area contributed by atoms with Gasteiger partial charge in [-0.05, 0) is 36.8 Å². The molecular formula is C25H23N5O2S. The molecule has 0 saturated carbocycles. The predicted octanol–water partition coefficient (Wildman–Crippen LogP) is 4.50. The van der Waals surface area contributed by atoms with Crippen molar-refractivity contribution < 1.29 is 9.59 Å². The largest absolute Gasteiger partial charge is 0.350 e. The highest BCUT2D eigenvalue weighted by molar-refractivity contribution is 7.99. The van der Waals surface area contributed by atoms with Crippen LogP contribution in [0.5, 0.6) is 0 Å². The summed E-state index contributed by atoms with van der Waals surface area (Å²) in [6.07, 6.45) is 3.43. The van der Waals surface area contributed by atoms with Crippen molar-refractivity contribution in [3.8, 4) is 17.1 Å². The second-order valence-electron chi connectivity index (χ2n) is 7.47. The zero-order valence-electron chi connectivity index (χ0n) is 18.3. The number of para-hydroxylation sites is 1. The van der Waals surface area contributed by atoms with Crippen molar-refractivity contribution in [3.05, 3.63) is 90.3 Å². The third-order valence-electron chi connectivity index (χ3n) is 5.07. The number of hydrogen-bond acceptors (Lipinski definition) is 6. The second-order valence-corrected chi connectivity index (χ2v) is 8.41. The number of rotatable bonds is 8. The summed E-state index contributed by atoms with van der Waals surface area (Å²) in [6.45, 7) is 3.39. The van der Waals surface area contributed by atoms with Gasteiger partial charge in [0.25, 0.3) is 0 Å². The summed E-state index contributed by atoms with van der Waals surface area (Å²) in [7, 11) is 0. The third-order valence-corrected chi connectivity index (χ3v) is 6.00. The molecular weight excluding hydrogens is 434 g/mol.